The largest absolute Gasteiger partial charge is 0.381 e. The van der Waals surface area contributed by atoms with Crippen LogP contribution in [-0.4, -0.2) is 58.5 Å². The highest BCUT2D eigenvalue weighted by atomic mass is 16.3. The summed E-state index contributed by atoms with van der Waals surface area (Å²) >= 11 is 0. The molecule has 0 aromatic carbocycles. The molecule has 1 saturated heterocycles. The van der Waals surface area contributed by atoms with Gasteiger partial charge in [-0.25, -0.2) is 0 Å². The minimum atomic E-state index is -1.44. The third-order valence-corrected chi connectivity index (χ3v) is 7.24. The molecule has 2 saturated carbocycles. The molecule has 8 heteroatoms. The van der Waals surface area contributed by atoms with Crippen molar-refractivity contribution in [2.24, 2.45) is 40.1 Å². The quantitative estimate of drug-likeness (QED) is 0.469. The molecule has 3 unspecified atom stereocenters. The summed E-state index contributed by atoms with van der Waals surface area (Å²) in [6.07, 6.45) is 1.11. The van der Waals surface area contributed by atoms with Crippen LogP contribution in [0.1, 0.15) is 53.9 Å². The third kappa shape index (κ3) is 4.14. The van der Waals surface area contributed by atoms with Crippen molar-refractivity contribution in [2.75, 3.05) is 6.54 Å². The van der Waals surface area contributed by atoms with E-state index >= 15 is 0 Å². The molecule has 3 amide bonds. The first-order valence-electron chi connectivity index (χ1n) is 10.6. The molecule has 6 N–H and O–H groups in total. The number of nitrogens with two attached hydrogens (primary N) is 2. The molecule has 0 bridgehead atoms. The van der Waals surface area contributed by atoms with E-state index in [1.165, 1.54) is 0 Å². The predicted molar refractivity (Wildman–Crippen MR) is 108 cm³/mol. The Hall–Kier alpha value is -1.67. The van der Waals surface area contributed by atoms with Gasteiger partial charge in [-0.05, 0) is 35.0 Å². The first-order valence-corrected chi connectivity index (χ1v) is 10.6. The lowest BCUT2D eigenvalue weighted by atomic mass is 9.86. The Bertz CT molecular complexity index is 697. The van der Waals surface area contributed by atoms with Crippen molar-refractivity contribution in [3.05, 3.63) is 0 Å². The van der Waals surface area contributed by atoms with Crippen molar-refractivity contribution >= 4 is 17.7 Å². The van der Waals surface area contributed by atoms with E-state index in [0.717, 1.165) is 12.8 Å². The maximum atomic E-state index is 13.3. The number of nitrogens with zero attached hydrogens (tertiary/aromatic N) is 1. The number of amides is 3. The highest BCUT2D eigenvalue weighted by molar-refractivity contribution is 5.92. The SMILES string of the molecule is CC(C)(C)[C@H](N)C(=O)N1CC2[C@@H]([C@H]1C(=O)NC(CC1CC1)C(O)C(N)=O)C2(C)C. The van der Waals surface area contributed by atoms with Crippen LogP contribution in [0.3, 0.4) is 0 Å². The number of primary amides is 1. The first kappa shape index (κ1) is 22.0. The van der Waals surface area contributed by atoms with Crippen LogP contribution in [0.25, 0.3) is 0 Å². The number of carbonyl (C=O) groups excluding carboxylic acids is 3. The zero-order chi connectivity index (χ0) is 21.9. The van der Waals surface area contributed by atoms with E-state index in [9.17, 15) is 19.5 Å². The molecule has 3 rings (SSSR count). The molecular formula is C21H36N4O4. The summed E-state index contributed by atoms with van der Waals surface area (Å²) in [5.74, 6) is -0.730. The fraction of sp³-hybridized carbons (Fsp3) is 0.857. The van der Waals surface area contributed by atoms with E-state index in [-0.39, 0.29) is 29.1 Å². The molecule has 2 aliphatic carbocycles. The molecule has 1 aliphatic heterocycles. The normalized spacial score (nSPS) is 30.9. The van der Waals surface area contributed by atoms with Gasteiger partial charge in [0.15, 0.2) is 6.10 Å². The van der Waals surface area contributed by atoms with Crippen molar-refractivity contribution in [1.82, 2.24) is 10.2 Å². The van der Waals surface area contributed by atoms with Gasteiger partial charge in [0.1, 0.15) is 6.04 Å². The molecule has 164 valence electrons. The van der Waals surface area contributed by atoms with Crippen LogP contribution < -0.4 is 16.8 Å². The number of rotatable bonds is 7. The standard InChI is InChI=1S/C21H36N4O4/c1-20(2,3)16(22)19(29)25-9-11-13(21(11,4)5)14(25)18(28)24-12(8-10-6-7-10)15(26)17(23)27/h10-16,26H,6-9,22H2,1-5H3,(H2,23,27)(H,24,28)/t11?,12?,13-,14-,15?,16+/m0/s1. The minimum absolute atomic E-state index is 0.0289. The third-order valence-electron chi connectivity index (χ3n) is 7.24. The fourth-order valence-electron chi connectivity index (χ4n) is 4.81. The molecule has 0 aromatic rings. The molecule has 3 aliphatic rings. The monoisotopic (exact) mass is 408 g/mol. The summed E-state index contributed by atoms with van der Waals surface area (Å²) in [4.78, 5) is 39.5. The lowest BCUT2D eigenvalue weighted by Gasteiger charge is -2.36. The number of carbonyl (C=O) groups is 3. The van der Waals surface area contributed by atoms with Gasteiger partial charge >= 0.3 is 0 Å². The number of nitrogens with one attached hydrogen (secondary N) is 1. The van der Waals surface area contributed by atoms with Gasteiger partial charge in [0, 0.05) is 6.54 Å². The highest BCUT2D eigenvalue weighted by Crippen LogP contribution is 2.65. The summed E-state index contributed by atoms with van der Waals surface area (Å²) in [6.45, 7) is 10.4. The van der Waals surface area contributed by atoms with Gasteiger partial charge in [-0.1, -0.05) is 47.5 Å². The maximum Gasteiger partial charge on any atom is 0.248 e. The topological polar surface area (TPSA) is 139 Å². The second-order valence-corrected chi connectivity index (χ2v) is 10.9. The zero-order valence-corrected chi connectivity index (χ0v) is 18.1. The van der Waals surface area contributed by atoms with E-state index < -0.39 is 35.6 Å². The van der Waals surface area contributed by atoms with Crippen molar-refractivity contribution in [3.8, 4) is 0 Å². The molecule has 3 fully saturated rings. The number of aliphatic hydroxyl groups excluding tert-OH is 1. The van der Waals surface area contributed by atoms with Gasteiger partial charge in [0.2, 0.25) is 17.7 Å². The van der Waals surface area contributed by atoms with E-state index in [2.05, 4.69) is 19.2 Å². The average Bonchev–Trinajstić information content (AvgIpc) is 3.45. The minimum Gasteiger partial charge on any atom is -0.381 e. The Morgan fingerprint density at radius 2 is 1.83 bits per heavy atom. The number of piperidine rings is 1. The Balaban J connectivity index is 1.79. The van der Waals surface area contributed by atoms with Crippen molar-refractivity contribution in [2.45, 2.75) is 78.1 Å². The van der Waals surface area contributed by atoms with Crippen LogP contribution in [0.2, 0.25) is 0 Å². The number of likely N-dealkylation sites (tertiary alicyclic amines) is 1. The van der Waals surface area contributed by atoms with Gasteiger partial charge in [-0.3, -0.25) is 14.4 Å². The first-order chi connectivity index (χ1) is 13.3. The van der Waals surface area contributed by atoms with Gasteiger partial charge in [-0.15, -0.1) is 0 Å². The Kier molecular flexibility index (Phi) is 5.49. The van der Waals surface area contributed by atoms with Gasteiger partial charge in [0.25, 0.3) is 0 Å². The zero-order valence-electron chi connectivity index (χ0n) is 18.1. The maximum absolute atomic E-state index is 13.3. The van der Waals surface area contributed by atoms with Gasteiger partial charge < -0.3 is 26.8 Å². The molecule has 29 heavy (non-hydrogen) atoms. The number of hydrogen-bond acceptors (Lipinski definition) is 5. The Morgan fingerprint density at radius 1 is 1.24 bits per heavy atom. The van der Waals surface area contributed by atoms with Crippen LogP contribution in [0.15, 0.2) is 0 Å². The summed E-state index contributed by atoms with van der Waals surface area (Å²) < 4.78 is 0. The summed E-state index contributed by atoms with van der Waals surface area (Å²) in [5.41, 5.74) is 11.0. The van der Waals surface area contributed by atoms with Crippen LogP contribution >= 0.6 is 0 Å². The molecule has 0 aromatic heterocycles. The lowest BCUT2D eigenvalue weighted by Crippen LogP contribution is -2.59. The predicted octanol–water partition coefficient (Wildman–Crippen LogP) is -0.0261. The molecule has 0 spiro atoms. The van der Waals surface area contributed by atoms with E-state index in [4.69, 9.17) is 11.5 Å². The van der Waals surface area contributed by atoms with Crippen molar-refractivity contribution < 1.29 is 19.5 Å². The molecular weight excluding hydrogens is 372 g/mol. The number of aliphatic hydroxyl groups is 1. The molecule has 8 nitrogen and oxygen atoms in total. The smallest absolute Gasteiger partial charge is 0.248 e. The van der Waals surface area contributed by atoms with Gasteiger partial charge in [-0.2, -0.15) is 0 Å². The van der Waals surface area contributed by atoms with E-state index in [1.54, 1.807) is 4.90 Å². The highest BCUT2D eigenvalue weighted by Gasteiger charge is 2.69. The van der Waals surface area contributed by atoms with E-state index in [0.29, 0.717) is 18.9 Å². The fourth-order valence-corrected chi connectivity index (χ4v) is 4.81. The second-order valence-electron chi connectivity index (χ2n) is 10.9. The average molecular weight is 409 g/mol. The van der Waals surface area contributed by atoms with Gasteiger partial charge in [0.05, 0.1) is 12.1 Å². The van der Waals surface area contributed by atoms with Crippen LogP contribution in [0.4, 0.5) is 0 Å². The summed E-state index contributed by atoms with van der Waals surface area (Å²) in [5, 5.41) is 13.1. The van der Waals surface area contributed by atoms with Crippen molar-refractivity contribution in [1.29, 1.82) is 0 Å². The van der Waals surface area contributed by atoms with Crippen LogP contribution in [-0.2, 0) is 14.4 Å². The summed E-state index contributed by atoms with van der Waals surface area (Å²) in [7, 11) is 0. The number of hydrogen-bond donors (Lipinski definition) is 4. The van der Waals surface area contributed by atoms with Crippen LogP contribution in [0, 0.1) is 28.6 Å². The van der Waals surface area contributed by atoms with Crippen molar-refractivity contribution in [3.63, 3.8) is 0 Å². The molecule has 1 heterocycles. The Labute approximate surface area is 172 Å². The summed E-state index contributed by atoms with van der Waals surface area (Å²) in [6, 6.07) is -2.09. The lowest BCUT2D eigenvalue weighted by molar-refractivity contribution is -0.144. The molecule has 6 atom stereocenters. The molecule has 0 radical (unpaired) electrons. The Morgan fingerprint density at radius 3 is 2.31 bits per heavy atom. The van der Waals surface area contributed by atoms with Crippen LogP contribution in [0.5, 0.6) is 0 Å². The van der Waals surface area contributed by atoms with E-state index in [1.807, 2.05) is 20.8 Å². The number of fused-ring (bicyclic) bond motifs is 1. The second kappa shape index (κ2) is 7.23.